The summed E-state index contributed by atoms with van der Waals surface area (Å²) >= 11 is 0. The third-order valence-corrected chi connectivity index (χ3v) is 6.36. The van der Waals surface area contributed by atoms with Gasteiger partial charge in [0.15, 0.2) is 0 Å². The normalized spacial score (nSPS) is 12.0. The number of methoxy groups -OCH3 is 2. The largest absolute Gasteiger partial charge is 0.497 e. The van der Waals surface area contributed by atoms with Crippen LogP contribution < -0.4 is 19.5 Å². The molecule has 2 N–H and O–H groups in total. The van der Waals surface area contributed by atoms with E-state index in [2.05, 4.69) is 10.0 Å². The fraction of sp³-hybridized carbons (Fsp3) is 0.208. The van der Waals surface area contributed by atoms with Crippen LogP contribution in [0.1, 0.15) is 34.5 Å². The van der Waals surface area contributed by atoms with Crippen molar-refractivity contribution in [2.24, 2.45) is 0 Å². The molecular weight excluding hydrogens is 428 g/mol. The summed E-state index contributed by atoms with van der Waals surface area (Å²) in [6.45, 7) is 3.72. The van der Waals surface area contributed by atoms with E-state index in [1.165, 1.54) is 18.2 Å². The summed E-state index contributed by atoms with van der Waals surface area (Å²) < 4.78 is 38.5. The van der Waals surface area contributed by atoms with Crippen molar-refractivity contribution in [2.75, 3.05) is 18.9 Å². The third-order valence-electron chi connectivity index (χ3n) is 4.96. The Kier molecular flexibility index (Phi) is 7.05. The van der Waals surface area contributed by atoms with Crippen molar-refractivity contribution in [1.29, 1.82) is 0 Å². The fourth-order valence-corrected chi connectivity index (χ4v) is 4.24. The number of rotatable bonds is 8. The van der Waals surface area contributed by atoms with Gasteiger partial charge >= 0.3 is 0 Å². The first-order valence-corrected chi connectivity index (χ1v) is 11.4. The van der Waals surface area contributed by atoms with E-state index in [9.17, 15) is 13.2 Å². The molecule has 1 amide bonds. The van der Waals surface area contributed by atoms with Crippen molar-refractivity contribution < 1.29 is 22.7 Å². The average molecular weight is 455 g/mol. The molecule has 8 heteroatoms. The Morgan fingerprint density at radius 3 is 2.31 bits per heavy atom. The van der Waals surface area contributed by atoms with Crippen LogP contribution in [0.15, 0.2) is 71.6 Å². The first kappa shape index (κ1) is 23.1. The SMILES string of the molecule is COc1ccc(OC)c([C@H](C)NC(=O)c2cccc(NS(=O)(=O)c3ccc(C)cc3)c2)c1. The molecule has 0 heterocycles. The Labute approximate surface area is 188 Å². The predicted molar refractivity (Wildman–Crippen MR) is 124 cm³/mol. The maximum absolute atomic E-state index is 12.8. The first-order chi connectivity index (χ1) is 15.2. The molecule has 0 unspecified atom stereocenters. The molecule has 3 rings (SSSR count). The summed E-state index contributed by atoms with van der Waals surface area (Å²) in [4.78, 5) is 13.0. The van der Waals surface area contributed by atoms with Crippen LogP contribution in [-0.4, -0.2) is 28.5 Å². The molecule has 0 radical (unpaired) electrons. The molecule has 0 aliphatic carbocycles. The van der Waals surface area contributed by atoms with Crippen molar-refractivity contribution in [1.82, 2.24) is 5.32 Å². The molecule has 1 atom stereocenters. The lowest BCUT2D eigenvalue weighted by Gasteiger charge is -2.18. The summed E-state index contributed by atoms with van der Waals surface area (Å²) in [5.74, 6) is 0.923. The smallest absolute Gasteiger partial charge is 0.261 e. The van der Waals surface area contributed by atoms with E-state index >= 15 is 0 Å². The Balaban J connectivity index is 1.78. The van der Waals surface area contributed by atoms with E-state index < -0.39 is 10.0 Å². The van der Waals surface area contributed by atoms with Crippen LogP contribution in [0.25, 0.3) is 0 Å². The van der Waals surface area contributed by atoms with Crippen molar-refractivity contribution in [2.45, 2.75) is 24.8 Å². The standard InChI is InChI=1S/C24H26N2O5S/c1-16-8-11-21(12-9-16)32(28,29)26-19-7-5-6-18(14-19)24(27)25-17(2)22-15-20(30-3)10-13-23(22)31-4/h5-15,17,26H,1-4H3,(H,25,27)/t17-/m0/s1. The van der Waals surface area contributed by atoms with Gasteiger partial charge in [-0.1, -0.05) is 23.8 Å². The van der Waals surface area contributed by atoms with E-state index in [-0.39, 0.29) is 16.8 Å². The molecule has 0 aliphatic heterocycles. The monoisotopic (exact) mass is 454 g/mol. The van der Waals surface area contributed by atoms with Crippen LogP contribution in [0.3, 0.4) is 0 Å². The van der Waals surface area contributed by atoms with Crippen LogP contribution in [0.2, 0.25) is 0 Å². The number of hydrogen-bond donors (Lipinski definition) is 2. The topological polar surface area (TPSA) is 93.7 Å². The van der Waals surface area contributed by atoms with E-state index in [1.54, 1.807) is 62.8 Å². The first-order valence-electron chi connectivity index (χ1n) is 9.96. The van der Waals surface area contributed by atoms with Gasteiger partial charge in [-0.15, -0.1) is 0 Å². The molecule has 0 aromatic heterocycles. The summed E-state index contributed by atoms with van der Waals surface area (Å²) in [6, 6.07) is 17.9. The number of anilines is 1. The Bertz CT molecular complexity index is 1210. The van der Waals surface area contributed by atoms with Crippen LogP contribution in [0.5, 0.6) is 11.5 Å². The molecule has 0 bridgehead atoms. The number of nitrogens with one attached hydrogen (secondary N) is 2. The van der Waals surface area contributed by atoms with Gasteiger partial charge in [-0.2, -0.15) is 0 Å². The van der Waals surface area contributed by atoms with Gasteiger partial charge in [0.1, 0.15) is 11.5 Å². The zero-order valence-corrected chi connectivity index (χ0v) is 19.2. The second kappa shape index (κ2) is 9.74. The van der Waals surface area contributed by atoms with E-state index in [0.29, 0.717) is 22.7 Å². The fourth-order valence-electron chi connectivity index (χ4n) is 3.19. The van der Waals surface area contributed by atoms with Gasteiger partial charge < -0.3 is 14.8 Å². The second-order valence-corrected chi connectivity index (χ2v) is 8.98. The van der Waals surface area contributed by atoms with Crippen molar-refractivity contribution in [3.8, 4) is 11.5 Å². The number of hydrogen-bond acceptors (Lipinski definition) is 5. The number of carbonyl (C=O) groups is 1. The predicted octanol–water partition coefficient (Wildman–Crippen LogP) is 4.30. The van der Waals surface area contributed by atoms with Crippen molar-refractivity contribution in [3.05, 3.63) is 83.4 Å². The number of amides is 1. The van der Waals surface area contributed by atoms with Crippen LogP contribution in [0.4, 0.5) is 5.69 Å². The Hall–Kier alpha value is -3.52. The van der Waals surface area contributed by atoms with Crippen LogP contribution >= 0.6 is 0 Å². The highest BCUT2D eigenvalue weighted by atomic mass is 32.2. The zero-order valence-electron chi connectivity index (χ0n) is 18.4. The number of ether oxygens (including phenoxy) is 2. The minimum Gasteiger partial charge on any atom is -0.497 e. The highest BCUT2D eigenvalue weighted by molar-refractivity contribution is 7.92. The Morgan fingerprint density at radius 1 is 0.938 bits per heavy atom. The molecule has 0 fully saturated rings. The summed E-state index contributed by atoms with van der Waals surface area (Å²) in [5.41, 5.74) is 2.34. The van der Waals surface area contributed by atoms with Gasteiger partial charge in [-0.25, -0.2) is 8.42 Å². The minimum atomic E-state index is -3.77. The maximum Gasteiger partial charge on any atom is 0.261 e. The van der Waals surface area contributed by atoms with Crippen LogP contribution in [0, 0.1) is 6.92 Å². The zero-order chi connectivity index (χ0) is 23.3. The molecular formula is C24H26N2O5S. The van der Waals surface area contributed by atoms with E-state index in [4.69, 9.17) is 9.47 Å². The third kappa shape index (κ3) is 5.39. The van der Waals surface area contributed by atoms with Gasteiger partial charge in [-0.05, 0) is 62.4 Å². The average Bonchev–Trinajstić information content (AvgIpc) is 2.78. The summed E-state index contributed by atoms with van der Waals surface area (Å²) in [5, 5.41) is 2.91. The van der Waals surface area contributed by atoms with Crippen molar-refractivity contribution in [3.63, 3.8) is 0 Å². The van der Waals surface area contributed by atoms with Gasteiger partial charge in [0, 0.05) is 16.8 Å². The van der Waals surface area contributed by atoms with E-state index in [1.807, 2.05) is 13.8 Å². The molecule has 32 heavy (non-hydrogen) atoms. The molecule has 0 spiro atoms. The van der Waals surface area contributed by atoms with Gasteiger partial charge in [-0.3, -0.25) is 9.52 Å². The molecule has 7 nitrogen and oxygen atoms in total. The maximum atomic E-state index is 12.8. The number of benzene rings is 3. The lowest BCUT2D eigenvalue weighted by molar-refractivity contribution is 0.0939. The molecule has 168 valence electrons. The summed E-state index contributed by atoms with van der Waals surface area (Å²) in [7, 11) is -0.641. The number of aryl methyl sites for hydroxylation is 1. The minimum absolute atomic E-state index is 0.150. The van der Waals surface area contributed by atoms with E-state index in [0.717, 1.165) is 11.1 Å². The molecule has 3 aromatic carbocycles. The molecule has 0 saturated heterocycles. The molecule has 3 aromatic rings. The summed E-state index contributed by atoms with van der Waals surface area (Å²) in [6.07, 6.45) is 0. The van der Waals surface area contributed by atoms with Crippen molar-refractivity contribution >= 4 is 21.6 Å². The highest BCUT2D eigenvalue weighted by Crippen LogP contribution is 2.29. The van der Waals surface area contributed by atoms with Gasteiger partial charge in [0.25, 0.3) is 15.9 Å². The van der Waals surface area contributed by atoms with Gasteiger partial charge in [0.2, 0.25) is 0 Å². The highest BCUT2D eigenvalue weighted by Gasteiger charge is 2.18. The molecule has 0 aliphatic rings. The lowest BCUT2D eigenvalue weighted by atomic mass is 10.1. The lowest BCUT2D eigenvalue weighted by Crippen LogP contribution is -2.27. The number of carbonyl (C=O) groups excluding carboxylic acids is 1. The van der Waals surface area contributed by atoms with Gasteiger partial charge in [0.05, 0.1) is 25.2 Å². The van der Waals surface area contributed by atoms with Crippen LogP contribution in [-0.2, 0) is 10.0 Å². The quantitative estimate of drug-likeness (QED) is 0.529. The second-order valence-electron chi connectivity index (χ2n) is 7.30. The molecule has 0 saturated carbocycles. The Morgan fingerprint density at radius 2 is 1.66 bits per heavy atom. The number of sulfonamides is 1.